The summed E-state index contributed by atoms with van der Waals surface area (Å²) in [5.41, 5.74) is -0.113. The van der Waals surface area contributed by atoms with E-state index in [0.717, 1.165) is 19.6 Å². The third-order valence-electron chi connectivity index (χ3n) is 5.06. The molecule has 0 amide bonds. The van der Waals surface area contributed by atoms with Gasteiger partial charge in [0, 0.05) is 22.0 Å². The fourth-order valence-electron chi connectivity index (χ4n) is 2.84. The van der Waals surface area contributed by atoms with Crippen molar-refractivity contribution in [3.63, 3.8) is 0 Å². The summed E-state index contributed by atoms with van der Waals surface area (Å²) in [7, 11) is 0. The minimum Gasteiger partial charge on any atom is -0.376 e. The van der Waals surface area contributed by atoms with Crippen molar-refractivity contribution in [1.82, 2.24) is 0 Å². The van der Waals surface area contributed by atoms with Crippen molar-refractivity contribution in [2.45, 2.75) is 57.5 Å². The molecule has 2 rings (SSSR count). The van der Waals surface area contributed by atoms with Gasteiger partial charge in [-0.05, 0) is 32.1 Å². The van der Waals surface area contributed by atoms with Crippen LogP contribution in [0.3, 0.4) is 0 Å². The van der Waals surface area contributed by atoms with Crippen LogP contribution in [0.4, 0.5) is 0 Å². The van der Waals surface area contributed by atoms with E-state index in [0.29, 0.717) is 16.6 Å². The fraction of sp³-hybridized carbons (Fsp3) is 1.00. The first-order chi connectivity index (χ1) is 9.36. The Labute approximate surface area is 133 Å². The number of hydrogen-bond acceptors (Lipinski definition) is 4. The highest BCUT2D eigenvalue weighted by Crippen LogP contribution is 2.43. The van der Waals surface area contributed by atoms with Gasteiger partial charge in [-0.25, -0.2) is 0 Å². The van der Waals surface area contributed by atoms with Crippen LogP contribution in [0, 0.1) is 11.8 Å². The molecular formula is C16H30O2S2. The monoisotopic (exact) mass is 318 g/mol. The van der Waals surface area contributed by atoms with Crippen molar-refractivity contribution in [2.75, 3.05) is 30.5 Å². The summed E-state index contributed by atoms with van der Waals surface area (Å²) in [6.45, 7) is 13.0. The largest absolute Gasteiger partial charge is 0.376 e. The van der Waals surface area contributed by atoms with Crippen molar-refractivity contribution in [3.05, 3.63) is 0 Å². The molecule has 0 aromatic rings. The summed E-state index contributed by atoms with van der Waals surface area (Å²) >= 11 is 4.26. The minimum absolute atomic E-state index is 0.113. The lowest BCUT2D eigenvalue weighted by molar-refractivity contribution is -0.212. The summed E-state index contributed by atoms with van der Waals surface area (Å²) in [6, 6.07) is 0. The van der Waals surface area contributed by atoms with Gasteiger partial charge in [0.15, 0.2) is 0 Å². The zero-order chi connectivity index (χ0) is 14.8. The van der Waals surface area contributed by atoms with E-state index >= 15 is 0 Å². The van der Waals surface area contributed by atoms with E-state index in [4.69, 9.17) is 9.47 Å². The van der Waals surface area contributed by atoms with Crippen LogP contribution in [-0.2, 0) is 9.47 Å². The van der Waals surface area contributed by atoms with Crippen LogP contribution in [-0.4, -0.2) is 46.9 Å². The van der Waals surface area contributed by atoms with E-state index < -0.39 is 0 Å². The average molecular weight is 319 g/mol. The summed E-state index contributed by atoms with van der Waals surface area (Å²) in [6.07, 6.45) is 1.38. The molecule has 4 atom stereocenters. The molecule has 0 bridgehead atoms. The zero-order valence-corrected chi connectivity index (χ0v) is 15.2. The molecule has 0 aliphatic carbocycles. The van der Waals surface area contributed by atoms with Gasteiger partial charge in [-0.3, -0.25) is 0 Å². The molecule has 4 heteroatoms. The molecule has 20 heavy (non-hydrogen) atoms. The average Bonchev–Trinajstić information content (AvgIpc) is 2.39. The highest BCUT2D eigenvalue weighted by molar-refractivity contribution is 8.07. The second-order valence-electron chi connectivity index (χ2n) is 7.07. The zero-order valence-electron chi connectivity index (χ0n) is 13.6. The van der Waals surface area contributed by atoms with Crippen molar-refractivity contribution >= 4 is 23.5 Å². The molecular weight excluding hydrogens is 288 g/mol. The van der Waals surface area contributed by atoms with E-state index in [2.05, 4.69) is 58.1 Å². The Morgan fingerprint density at radius 2 is 1.95 bits per heavy atom. The van der Waals surface area contributed by atoms with E-state index in [-0.39, 0.29) is 11.7 Å². The minimum atomic E-state index is -0.113. The van der Waals surface area contributed by atoms with Crippen LogP contribution in [0.2, 0.25) is 0 Å². The number of hydrogen-bond donors (Lipinski definition) is 0. The third-order valence-corrected chi connectivity index (χ3v) is 8.41. The maximum atomic E-state index is 6.40. The molecule has 2 nitrogen and oxygen atoms in total. The quantitative estimate of drug-likeness (QED) is 0.777. The molecule has 0 N–H and O–H groups in total. The summed E-state index contributed by atoms with van der Waals surface area (Å²) in [5.74, 6) is 5.03. The summed E-state index contributed by atoms with van der Waals surface area (Å²) < 4.78 is 12.6. The van der Waals surface area contributed by atoms with Gasteiger partial charge in [-0.15, -0.1) is 0 Å². The smallest absolute Gasteiger partial charge is 0.0914 e. The molecule has 118 valence electrons. The van der Waals surface area contributed by atoms with Gasteiger partial charge in [0.2, 0.25) is 0 Å². The molecule has 2 aliphatic rings. The molecule has 2 aliphatic heterocycles. The van der Waals surface area contributed by atoms with Crippen LogP contribution in [0.25, 0.3) is 0 Å². The second-order valence-corrected chi connectivity index (χ2v) is 9.81. The van der Waals surface area contributed by atoms with Gasteiger partial charge < -0.3 is 9.47 Å². The Balaban J connectivity index is 1.92. The molecule has 0 radical (unpaired) electrons. The van der Waals surface area contributed by atoms with Crippen molar-refractivity contribution in [2.24, 2.45) is 11.8 Å². The van der Waals surface area contributed by atoms with Gasteiger partial charge >= 0.3 is 0 Å². The van der Waals surface area contributed by atoms with Crippen LogP contribution >= 0.6 is 23.5 Å². The Morgan fingerprint density at radius 1 is 1.20 bits per heavy atom. The number of ether oxygens (including phenoxy) is 2. The predicted molar refractivity (Wildman–Crippen MR) is 90.9 cm³/mol. The molecule has 0 aromatic carbocycles. The first-order valence-electron chi connectivity index (χ1n) is 7.83. The molecule has 2 fully saturated rings. The first-order valence-corrected chi connectivity index (χ1v) is 9.97. The van der Waals surface area contributed by atoms with Crippen LogP contribution in [0.1, 0.15) is 41.0 Å². The summed E-state index contributed by atoms with van der Waals surface area (Å²) in [4.78, 5) is 0. The molecule has 2 saturated heterocycles. The molecule has 0 aromatic heterocycles. The van der Waals surface area contributed by atoms with Crippen LogP contribution in [0.15, 0.2) is 0 Å². The van der Waals surface area contributed by atoms with E-state index in [1.54, 1.807) is 0 Å². The standard InChI is InChI=1S/C16H30O2S2/c1-12(2)15(4)10-17-9-14(18-15)8-13(3)16(5)11-19-6-7-20-16/h12-14H,6-11H2,1-5H3. The van der Waals surface area contributed by atoms with Gasteiger partial charge in [0.1, 0.15) is 0 Å². The maximum absolute atomic E-state index is 6.40. The molecule has 2 heterocycles. The SMILES string of the molecule is CC(C)C1(C)COCC(CC(C)C2(C)CSCCS2)O1. The highest BCUT2D eigenvalue weighted by atomic mass is 32.2. The fourth-order valence-corrected chi connectivity index (χ4v) is 5.91. The number of rotatable bonds is 4. The Hall–Kier alpha value is 0.620. The van der Waals surface area contributed by atoms with Crippen LogP contribution < -0.4 is 0 Å². The normalized spacial score (nSPS) is 40.8. The molecule has 4 unspecified atom stereocenters. The van der Waals surface area contributed by atoms with Gasteiger partial charge in [-0.2, -0.15) is 23.5 Å². The second kappa shape index (κ2) is 6.80. The lowest BCUT2D eigenvalue weighted by atomic mass is 9.88. The molecule has 0 saturated carbocycles. The van der Waals surface area contributed by atoms with Gasteiger partial charge in [0.25, 0.3) is 0 Å². The number of thioether (sulfide) groups is 2. The first kappa shape index (κ1) is 17.0. The van der Waals surface area contributed by atoms with Crippen molar-refractivity contribution in [1.29, 1.82) is 0 Å². The predicted octanol–water partition coefficient (Wildman–Crippen LogP) is 4.08. The maximum Gasteiger partial charge on any atom is 0.0914 e. The van der Waals surface area contributed by atoms with Crippen molar-refractivity contribution in [3.8, 4) is 0 Å². The highest BCUT2D eigenvalue weighted by Gasteiger charge is 2.40. The lowest BCUT2D eigenvalue weighted by Gasteiger charge is -2.44. The van der Waals surface area contributed by atoms with Crippen molar-refractivity contribution < 1.29 is 9.47 Å². The summed E-state index contributed by atoms with van der Waals surface area (Å²) in [5, 5.41) is 0. The Morgan fingerprint density at radius 3 is 2.55 bits per heavy atom. The Kier molecular flexibility index (Phi) is 5.78. The molecule has 0 spiro atoms. The third kappa shape index (κ3) is 3.88. The van der Waals surface area contributed by atoms with E-state index in [1.807, 2.05) is 0 Å². The van der Waals surface area contributed by atoms with Gasteiger partial charge in [-0.1, -0.05) is 20.8 Å². The topological polar surface area (TPSA) is 18.5 Å². The van der Waals surface area contributed by atoms with Crippen LogP contribution in [0.5, 0.6) is 0 Å². The van der Waals surface area contributed by atoms with E-state index in [9.17, 15) is 0 Å². The van der Waals surface area contributed by atoms with E-state index in [1.165, 1.54) is 17.3 Å². The Bertz CT molecular complexity index is 316. The lowest BCUT2D eigenvalue weighted by Crippen LogP contribution is -2.50. The van der Waals surface area contributed by atoms with Gasteiger partial charge in [0.05, 0.1) is 24.9 Å².